The van der Waals surface area contributed by atoms with Gasteiger partial charge in [-0.3, -0.25) is 4.21 Å². The van der Waals surface area contributed by atoms with Crippen LogP contribution >= 0.6 is 11.8 Å². The Hall–Kier alpha value is 0.500. The van der Waals surface area contributed by atoms with Crippen LogP contribution in [0.5, 0.6) is 0 Å². The third-order valence-corrected chi connectivity index (χ3v) is 5.39. The van der Waals surface area contributed by atoms with Gasteiger partial charge >= 0.3 is 0 Å². The molecule has 0 saturated carbocycles. The van der Waals surface area contributed by atoms with Crippen LogP contribution in [0.3, 0.4) is 0 Å². The minimum absolute atomic E-state index is 0.346. The predicted molar refractivity (Wildman–Crippen MR) is 48.7 cm³/mol. The monoisotopic (exact) mass is 178 g/mol. The van der Waals surface area contributed by atoms with Gasteiger partial charge in [0.2, 0.25) is 0 Å². The molecule has 0 aliphatic carbocycles. The summed E-state index contributed by atoms with van der Waals surface area (Å²) in [6, 6.07) is 0. The number of hydrogen-bond acceptors (Lipinski definition) is 2. The summed E-state index contributed by atoms with van der Waals surface area (Å²) >= 11 is 1.85. The Bertz CT molecular complexity index is 133. The molecule has 0 spiro atoms. The van der Waals surface area contributed by atoms with E-state index in [-0.39, 0.29) is 0 Å². The van der Waals surface area contributed by atoms with Crippen molar-refractivity contribution in [2.45, 2.75) is 42.3 Å². The van der Waals surface area contributed by atoms with Crippen molar-refractivity contribution in [1.29, 1.82) is 0 Å². The average molecular weight is 178 g/mol. The molecule has 10 heavy (non-hydrogen) atoms. The van der Waals surface area contributed by atoms with Gasteiger partial charge in [0.1, 0.15) is 0 Å². The molecule has 1 aliphatic rings. The molecule has 0 amide bonds. The molecule has 1 heterocycles. The molecular weight excluding hydrogens is 164 g/mol. The molecule has 60 valence electrons. The van der Waals surface area contributed by atoms with E-state index >= 15 is 0 Å². The van der Waals surface area contributed by atoms with Gasteiger partial charge in [0, 0.05) is 21.3 Å². The Kier molecular flexibility index (Phi) is 2.81. The number of rotatable bonds is 0. The Morgan fingerprint density at radius 1 is 1.40 bits per heavy atom. The van der Waals surface area contributed by atoms with E-state index < -0.39 is 10.8 Å². The number of hydrogen-bond donors (Lipinski definition) is 0. The normalized spacial score (nSPS) is 49.1. The van der Waals surface area contributed by atoms with Crippen molar-refractivity contribution < 1.29 is 4.21 Å². The fourth-order valence-electron chi connectivity index (χ4n) is 1.33. The zero-order valence-corrected chi connectivity index (χ0v) is 8.30. The minimum atomic E-state index is -0.587. The summed E-state index contributed by atoms with van der Waals surface area (Å²) < 4.78 is 11.7. The Morgan fingerprint density at radius 3 is 2.50 bits per heavy atom. The predicted octanol–water partition coefficient (Wildman–Crippen LogP) is 2.00. The van der Waals surface area contributed by atoms with Gasteiger partial charge in [-0.25, -0.2) is 0 Å². The van der Waals surface area contributed by atoms with Gasteiger partial charge in [-0.2, -0.15) is 0 Å². The van der Waals surface area contributed by atoms with Gasteiger partial charge < -0.3 is 0 Å². The highest BCUT2D eigenvalue weighted by Crippen LogP contribution is 2.32. The zero-order valence-electron chi connectivity index (χ0n) is 6.66. The summed E-state index contributed by atoms with van der Waals surface area (Å²) in [5.41, 5.74) is 0. The van der Waals surface area contributed by atoms with Crippen molar-refractivity contribution in [3.8, 4) is 0 Å². The van der Waals surface area contributed by atoms with Crippen molar-refractivity contribution in [3.05, 3.63) is 0 Å². The Labute approximate surface area is 69.4 Å². The lowest BCUT2D eigenvalue weighted by Gasteiger charge is -2.27. The van der Waals surface area contributed by atoms with E-state index in [9.17, 15) is 4.21 Å². The largest absolute Gasteiger partial charge is 0.258 e. The SMILES string of the molecule is C[C@@H]1C[C@H](C)S[C@@H](C)S1=O. The molecule has 0 bridgehead atoms. The lowest BCUT2D eigenvalue weighted by Crippen LogP contribution is -2.29. The van der Waals surface area contributed by atoms with Crippen LogP contribution in [0.2, 0.25) is 0 Å². The lowest BCUT2D eigenvalue weighted by molar-refractivity contribution is 0.658. The van der Waals surface area contributed by atoms with Gasteiger partial charge in [0.05, 0.1) is 4.58 Å². The van der Waals surface area contributed by atoms with E-state index in [2.05, 4.69) is 20.8 Å². The Morgan fingerprint density at radius 2 is 2.00 bits per heavy atom. The van der Waals surface area contributed by atoms with E-state index in [4.69, 9.17) is 0 Å². The lowest BCUT2D eigenvalue weighted by atomic mass is 10.3. The minimum Gasteiger partial charge on any atom is -0.258 e. The highest BCUT2D eigenvalue weighted by molar-refractivity contribution is 8.12. The van der Waals surface area contributed by atoms with Crippen LogP contribution in [0.25, 0.3) is 0 Å². The first-order valence-electron chi connectivity index (χ1n) is 3.66. The average Bonchev–Trinajstić information content (AvgIpc) is 1.82. The molecule has 1 aliphatic heterocycles. The maximum atomic E-state index is 11.4. The fraction of sp³-hybridized carbons (Fsp3) is 1.00. The van der Waals surface area contributed by atoms with Gasteiger partial charge in [-0.05, 0) is 13.3 Å². The van der Waals surface area contributed by atoms with Crippen LogP contribution < -0.4 is 0 Å². The quantitative estimate of drug-likeness (QED) is 0.564. The van der Waals surface area contributed by atoms with Gasteiger partial charge in [0.25, 0.3) is 0 Å². The topological polar surface area (TPSA) is 17.1 Å². The van der Waals surface area contributed by atoms with Gasteiger partial charge in [-0.1, -0.05) is 13.8 Å². The molecule has 0 aromatic heterocycles. The first kappa shape index (κ1) is 8.60. The molecule has 0 aromatic rings. The molecule has 1 saturated heterocycles. The first-order chi connectivity index (χ1) is 4.61. The summed E-state index contributed by atoms with van der Waals surface area (Å²) in [7, 11) is -0.587. The van der Waals surface area contributed by atoms with E-state index in [1.807, 2.05) is 11.8 Å². The first-order valence-corrected chi connectivity index (χ1v) is 5.88. The van der Waals surface area contributed by atoms with Crippen LogP contribution in [0.15, 0.2) is 0 Å². The van der Waals surface area contributed by atoms with Gasteiger partial charge in [-0.15, -0.1) is 11.8 Å². The van der Waals surface area contributed by atoms with Gasteiger partial charge in [0.15, 0.2) is 0 Å². The summed E-state index contributed by atoms with van der Waals surface area (Å²) in [4.78, 5) is 0. The third kappa shape index (κ3) is 1.76. The molecule has 1 rings (SSSR count). The molecule has 0 N–H and O–H groups in total. The third-order valence-electron chi connectivity index (χ3n) is 1.81. The van der Waals surface area contributed by atoms with Crippen molar-refractivity contribution in [2.75, 3.05) is 0 Å². The summed E-state index contributed by atoms with van der Waals surface area (Å²) in [6.45, 7) is 6.36. The van der Waals surface area contributed by atoms with E-state index in [0.717, 1.165) is 6.42 Å². The van der Waals surface area contributed by atoms with Crippen molar-refractivity contribution in [3.63, 3.8) is 0 Å². The van der Waals surface area contributed by atoms with Crippen LogP contribution in [-0.2, 0) is 10.8 Å². The molecule has 1 fully saturated rings. The standard InChI is InChI=1S/C7H14OS2/c1-5-4-6(2)10(8)7(3)9-5/h5-7H,4H2,1-3H3/t5-,6+,7+,10?/m0/s1. The molecule has 0 radical (unpaired) electrons. The van der Waals surface area contributed by atoms with E-state index in [0.29, 0.717) is 15.1 Å². The highest BCUT2D eigenvalue weighted by atomic mass is 32.2. The second kappa shape index (κ2) is 3.26. The van der Waals surface area contributed by atoms with Crippen molar-refractivity contribution >= 4 is 22.6 Å². The van der Waals surface area contributed by atoms with Crippen molar-refractivity contribution in [2.24, 2.45) is 0 Å². The maximum Gasteiger partial charge on any atom is 0.0778 e. The summed E-state index contributed by atoms with van der Waals surface area (Å²) in [6.07, 6.45) is 1.11. The second-order valence-electron chi connectivity index (χ2n) is 2.89. The number of thioether (sulfide) groups is 1. The van der Waals surface area contributed by atoms with E-state index in [1.54, 1.807) is 0 Å². The zero-order chi connectivity index (χ0) is 7.72. The van der Waals surface area contributed by atoms with Crippen molar-refractivity contribution in [1.82, 2.24) is 0 Å². The van der Waals surface area contributed by atoms with Crippen LogP contribution in [0.4, 0.5) is 0 Å². The molecule has 0 aromatic carbocycles. The molecule has 1 unspecified atom stereocenters. The second-order valence-corrected chi connectivity index (χ2v) is 7.14. The molecular formula is C7H14OS2. The summed E-state index contributed by atoms with van der Waals surface area (Å²) in [5, 5.41) is 1.11. The highest BCUT2D eigenvalue weighted by Gasteiger charge is 2.27. The molecule has 3 heteroatoms. The van der Waals surface area contributed by atoms with Crippen LogP contribution in [0, 0.1) is 0 Å². The maximum absolute atomic E-state index is 11.4. The fourth-order valence-corrected chi connectivity index (χ4v) is 5.21. The van der Waals surface area contributed by atoms with Crippen LogP contribution in [0.1, 0.15) is 27.2 Å². The molecule has 1 nitrogen and oxygen atoms in total. The smallest absolute Gasteiger partial charge is 0.0778 e. The molecule has 4 atom stereocenters. The van der Waals surface area contributed by atoms with Crippen LogP contribution in [-0.4, -0.2) is 19.3 Å². The Balaban J connectivity index is 2.57. The summed E-state index contributed by atoms with van der Waals surface area (Å²) in [5.74, 6) is 0. The van der Waals surface area contributed by atoms with E-state index in [1.165, 1.54) is 0 Å².